The van der Waals surface area contributed by atoms with Crippen LogP contribution < -0.4 is 4.74 Å². The van der Waals surface area contributed by atoms with Crippen molar-refractivity contribution in [3.05, 3.63) is 29.8 Å². The van der Waals surface area contributed by atoms with Gasteiger partial charge >= 0.3 is 6.09 Å². The van der Waals surface area contributed by atoms with E-state index in [1.807, 2.05) is 38.1 Å². The zero-order chi connectivity index (χ0) is 22.9. The second kappa shape index (κ2) is 16.6. The van der Waals surface area contributed by atoms with Gasteiger partial charge in [-0.1, -0.05) is 51.7 Å². The highest BCUT2D eigenvalue weighted by Gasteiger charge is 2.13. The number of carbonyl (C=O) groups is 2. The van der Waals surface area contributed by atoms with Crippen molar-refractivity contribution in [2.45, 2.75) is 91.9 Å². The summed E-state index contributed by atoms with van der Waals surface area (Å²) >= 11 is 0. The van der Waals surface area contributed by atoms with E-state index in [1.54, 1.807) is 4.90 Å². The molecule has 0 radical (unpaired) electrons. The standard InChI is InChI=1S/C26H44N2O3/c1-5-9-11-14-22-28(21-10-6-2)25(29)16-13-12-15-23-17-19-24(20-18-23)31-26(30)27(7-3)8-4/h17-20H,5-16,21-22H2,1-4H3. The van der Waals surface area contributed by atoms with Crippen LogP contribution in [0.25, 0.3) is 0 Å². The van der Waals surface area contributed by atoms with Crippen LogP contribution in [-0.2, 0) is 11.2 Å². The van der Waals surface area contributed by atoms with E-state index >= 15 is 0 Å². The quantitative estimate of drug-likeness (QED) is 0.282. The molecule has 0 aliphatic carbocycles. The van der Waals surface area contributed by atoms with E-state index in [4.69, 9.17) is 4.74 Å². The van der Waals surface area contributed by atoms with Gasteiger partial charge in [-0.15, -0.1) is 0 Å². The van der Waals surface area contributed by atoms with Crippen LogP contribution in [0.15, 0.2) is 24.3 Å². The molecule has 2 amide bonds. The van der Waals surface area contributed by atoms with Crippen LogP contribution in [0.4, 0.5) is 4.79 Å². The summed E-state index contributed by atoms with van der Waals surface area (Å²) in [5.74, 6) is 0.883. The van der Waals surface area contributed by atoms with Gasteiger partial charge in [-0.2, -0.15) is 0 Å². The van der Waals surface area contributed by atoms with Crippen LogP contribution in [0.2, 0.25) is 0 Å². The summed E-state index contributed by atoms with van der Waals surface area (Å²) in [6.07, 6.45) is 10.2. The molecule has 0 fully saturated rings. The van der Waals surface area contributed by atoms with Crippen molar-refractivity contribution < 1.29 is 14.3 Å². The van der Waals surface area contributed by atoms with Crippen molar-refractivity contribution in [3.8, 4) is 5.75 Å². The molecule has 31 heavy (non-hydrogen) atoms. The van der Waals surface area contributed by atoms with Gasteiger partial charge in [0.15, 0.2) is 0 Å². The lowest BCUT2D eigenvalue weighted by Gasteiger charge is -2.22. The van der Waals surface area contributed by atoms with Crippen LogP contribution in [0.1, 0.15) is 91.0 Å². The van der Waals surface area contributed by atoms with Gasteiger partial charge in [0.05, 0.1) is 0 Å². The number of aryl methyl sites for hydroxylation is 1. The first-order valence-electron chi connectivity index (χ1n) is 12.4. The molecule has 5 nitrogen and oxygen atoms in total. The number of ether oxygens (including phenoxy) is 1. The number of amides is 2. The first-order valence-corrected chi connectivity index (χ1v) is 12.4. The molecule has 5 heteroatoms. The van der Waals surface area contributed by atoms with E-state index in [9.17, 15) is 9.59 Å². The summed E-state index contributed by atoms with van der Waals surface area (Å²) in [6, 6.07) is 7.72. The Balaban J connectivity index is 2.37. The number of rotatable bonds is 16. The van der Waals surface area contributed by atoms with Crippen molar-refractivity contribution in [1.82, 2.24) is 9.80 Å². The minimum atomic E-state index is -0.307. The highest BCUT2D eigenvalue weighted by molar-refractivity contribution is 5.76. The topological polar surface area (TPSA) is 49.9 Å². The molecule has 0 aromatic heterocycles. The zero-order valence-electron chi connectivity index (χ0n) is 20.3. The summed E-state index contributed by atoms with van der Waals surface area (Å²) in [5.41, 5.74) is 1.21. The molecule has 0 spiro atoms. The van der Waals surface area contributed by atoms with Gasteiger partial charge in [-0.3, -0.25) is 4.79 Å². The Kier molecular flexibility index (Phi) is 14.5. The van der Waals surface area contributed by atoms with Gasteiger partial charge in [0.1, 0.15) is 5.75 Å². The third kappa shape index (κ3) is 11.2. The Labute approximate surface area is 190 Å². The number of benzene rings is 1. The lowest BCUT2D eigenvalue weighted by Crippen LogP contribution is -2.33. The van der Waals surface area contributed by atoms with E-state index in [1.165, 1.54) is 24.8 Å². The van der Waals surface area contributed by atoms with Gasteiger partial charge in [-0.05, 0) is 63.6 Å². The van der Waals surface area contributed by atoms with E-state index in [0.717, 1.165) is 51.6 Å². The average Bonchev–Trinajstić information content (AvgIpc) is 2.78. The molecule has 1 rings (SSSR count). The molecule has 0 aliphatic heterocycles. The minimum absolute atomic E-state index is 0.307. The van der Waals surface area contributed by atoms with Gasteiger partial charge in [0.2, 0.25) is 5.91 Å². The molecule has 1 aromatic carbocycles. The predicted octanol–water partition coefficient (Wildman–Crippen LogP) is 6.45. The molecule has 1 aromatic rings. The molecule has 0 heterocycles. The average molecular weight is 433 g/mol. The molecule has 0 aliphatic rings. The van der Waals surface area contributed by atoms with Crippen molar-refractivity contribution in [1.29, 1.82) is 0 Å². The van der Waals surface area contributed by atoms with E-state index in [0.29, 0.717) is 31.2 Å². The van der Waals surface area contributed by atoms with Crippen LogP contribution >= 0.6 is 0 Å². The van der Waals surface area contributed by atoms with Gasteiger partial charge in [-0.25, -0.2) is 4.79 Å². The first kappa shape index (κ1) is 27.0. The molecule has 0 saturated heterocycles. The van der Waals surface area contributed by atoms with Crippen molar-refractivity contribution in [2.75, 3.05) is 26.2 Å². The summed E-state index contributed by atoms with van der Waals surface area (Å²) in [7, 11) is 0. The summed E-state index contributed by atoms with van der Waals surface area (Å²) < 4.78 is 5.41. The minimum Gasteiger partial charge on any atom is -0.410 e. The molecule has 176 valence electrons. The van der Waals surface area contributed by atoms with E-state index in [-0.39, 0.29) is 6.09 Å². The van der Waals surface area contributed by atoms with E-state index in [2.05, 4.69) is 18.7 Å². The fourth-order valence-corrected chi connectivity index (χ4v) is 3.57. The highest BCUT2D eigenvalue weighted by atomic mass is 16.6. The third-order valence-corrected chi connectivity index (χ3v) is 5.67. The highest BCUT2D eigenvalue weighted by Crippen LogP contribution is 2.16. The van der Waals surface area contributed by atoms with Crippen LogP contribution in [0, 0.1) is 0 Å². The normalized spacial score (nSPS) is 10.7. The monoisotopic (exact) mass is 432 g/mol. The Bertz CT molecular complexity index is 612. The number of carbonyl (C=O) groups excluding carboxylic acids is 2. The maximum atomic E-state index is 12.6. The van der Waals surface area contributed by atoms with Gasteiger partial charge in [0, 0.05) is 32.6 Å². The van der Waals surface area contributed by atoms with Crippen LogP contribution in [-0.4, -0.2) is 48.0 Å². The SMILES string of the molecule is CCCCCCN(CCCC)C(=O)CCCCc1ccc(OC(=O)N(CC)CC)cc1. The molecular formula is C26H44N2O3. The lowest BCUT2D eigenvalue weighted by molar-refractivity contribution is -0.131. The van der Waals surface area contributed by atoms with Crippen LogP contribution in [0.3, 0.4) is 0 Å². The second-order valence-electron chi connectivity index (χ2n) is 8.19. The molecule has 0 atom stereocenters. The van der Waals surface area contributed by atoms with Gasteiger partial charge < -0.3 is 14.5 Å². The Morgan fingerprint density at radius 2 is 1.39 bits per heavy atom. The van der Waals surface area contributed by atoms with Gasteiger partial charge in [0.25, 0.3) is 0 Å². The first-order chi connectivity index (χ1) is 15.0. The zero-order valence-corrected chi connectivity index (χ0v) is 20.3. The van der Waals surface area contributed by atoms with Crippen molar-refractivity contribution in [3.63, 3.8) is 0 Å². The molecule has 0 bridgehead atoms. The summed E-state index contributed by atoms with van der Waals surface area (Å²) in [6.45, 7) is 11.4. The summed E-state index contributed by atoms with van der Waals surface area (Å²) in [5, 5.41) is 0. The number of nitrogens with zero attached hydrogens (tertiary/aromatic N) is 2. The number of hydrogen-bond acceptors (Lipinski definition) is 3. The van der Waals surface area contributed by atoms with Crippen LogP contribution in [0.5, 0.6) is 5.75 Å². The largest absolute Gasteiger partial charge is 0.415 e. The van der Waals surface area contributed by atoms with E-state index < -0.39 is 0 Å². The molecular weight excluding hydrogens is 388 g/mol. The molecule has 0 N–H and O–H groups in total. The number of unbranched alkanes of at least 4 members (excludes halogenated alkanes) is 5. The second-order valence-corrected chi connectivity index (χ2v) is 8.19. The lowest BCUT2D eigenvalue weighted by atomic mass is 10.1. The number of hydrogen-bond donors (Lipinski definition) is 0. The maximum Gasteiger partial charge on any atom is 0.415 e. The smallest absolute Gasteiger partial charge is 0.410 e. The molecule has 0 saturated carbocycles. The maximum absolute atomic E-state index is 12.6. The fourth-order valence-electron chi connectivity index (χ4n) is 3.57. The predicted molar refractivity (Wildman–Crippen MR) is 129 cm³/mol. The van der Waals surface area contributed by atoms with Crippen molar-refractivity contribution >= 4 is 12.0 Å². The Hall–Kier alpha value is -2.04. The van der Waals surface area contributed by atoms with Crippen molar-refractivity contribution in [2.24, 2.45) is 0 Å². The third-order valence-electron chi connectivity index (χ3n) is 5.67. The summed E-state index contributed by atoms with van der Waals surface area (Å²) in [4.78, 5) is 28.4. The Morgan fingerprint density at radius 1 is 0.742 bits per heavy atom. The molecule has 0 unspecified atom stereocenters. The Morgan fingerprint density at radius 3 is 2.00 bits per heavy atom. The fraction of sp³-hybridized carbons (Fsp3) is 0.692.